The Balaban J connectivity index is 1.32. The van der Waals surface area contributed by atoms with Crippen molar-refractivity contribution in [3.8, 4) is 11.5 Å². The number of aliphatic hydroxyl groups excluding tert-OH is 1. The first-order chi connectivity index (χ1) is 15.2. The maximum Gasteiger partial charge on any atom is 0.165 e. The largest absolute Gasteiger partial charge is 0.488 e. The zero-order chi connectivity index (χ0) is 21.0. The lowest BCUT2D eigenvalue weighted by Gasteiger charge is -2.57. The molecule has 2 aliphatic carbocycles. The Morgan fingerprint density at radius 1 is 1.23 bits per heavy atom. The molecule has 2 bridgehead atoms. The fourth-order valence-electron chi connectivity index (χ4n) is 6.74. The summed E-state index contributed by atoms with van der Waals surface area (Å²) in [4.78, 5) is 4.93. The topological polar surface area (TPSA) is 54.4 Å². The standard InChI is InChI=1S/C25H32N2O4/c1-2-8-27-9-7-25-18-4-5-20(28)24(25)31-23-21(6-3-17(22(23)25)16-19(18)27)30-15-12-26-10-13-29-14-11-26/h2-6,18-20,24,28H,1,7-16H2/t18-,19+,20-,24-,25-/m0/s1. The van der Waals surface area contributed by atoms with Crippen molar-refractivity contribution < 1.29 is 19.3 Å². The van der Waals surface area contributed by atoms with Gasteiger partial charge >= 0.3 is 0 Å². The summed E-state index contributed by atoms with van der Waals surface area (Å²) in [6.07, 6.45) is 7.41. The molecule has 2 saturated heterocycles. The molecule has 5 aliphatic rings. The Labute approximate surface area is 184 Å². The van der Waals surface area contributed by atoms with Crippen molar-refractivity contribution >= 4 is 0 Å². The van der Waals surface area contributed by atoms with Crippen LogP contribution in [-0.2, 0) is 16.6 Å². The molecule has 3 heterocycles. The highest BCUT2D eigenvalue weighted by Crippen LogP contribution is 2.62. The molecule has 0 radical (unpaired) electrons. The summed E-state index contributed by atoms with van der Waals surface area (Å²) < 4.78 is 18.3. The van der Waals surface area contributed by atoms with E-state index in [1.807, 2.05) is 12.2 Å². The molecule has 1 N–H and O–H groups in total. The lowest BCUT2D eigenvalue weighted by atomic mass is 9.53. The lowest BCUT2D eigenvalue weighted by molar-refractivity contribution is -0.0489. The Morgan fingerprint density at radius 3 is 2.94 bits per heavy atom. The molecule has 0 amide bonds. The molecule has 31 heavy (non-hydrogen) atoms. The Bertz CT molecular complexity index is 896. The van der Waals surface area contributed by atoms with E-state index in [1.54, 1.807) is 0 Å². The summed E-state index contributed by atoms with van der Waals surface area (Å²) in [6, 6.07) is 4.74. The highest BCUT2D eigenvalue weighted by atomic mass is 16.5. The first-order valence-electron chi connectivity index (χ1n) is 11.7. The van der Waals surface area contributed by atoms with E-state index >= 15 is 0 Å². The average molecular weight is 425 g/mol. The molecule has 0 unspecified atom stereocenters. The van der Waals surface area contributed by atoms with Crippen LogP contribution in [0, 0.1) is 5.92 Å². The van der Waals surface area contributed by atoms with Crippen molar-refractivity contribution in [3.63, 3.8) is 0 Å². The van der Waals surface area contributed by atoms with Crippen LogP contribution in [0.2, 0.25) is 0 Å². The second-order valence-corrected chi connectivity index (χ2v) is 9.51. The van der Waals surface area contributed by atoms with Crippen LogP contribution < -0.4 is 9.47 Å². The molecule has 1 spiro atoms. The van der Waals surface area contributed by atoms with E-state index < -0.39 is 6.10 Å². The summed E-state index contributed by atoms with van der Waals surface area (Å²) in [5.41, 5.74) is 2.52. The Hall–Kier alpha value is -1.86. The molecular weight excluding hydrogens is 392 g/mol. The minimum Gasteiger partial charge on any atom is -0.488 e. The van der Waals surface area contributed by atoms with E-state index in [9.17, 15) is 5.11 Å². The van der Waals surface area contributed by atoms with Crippen LogP contribution >= 0.6 is 0 Å². The van der Waals surface area contributed by atoms with Crippen molar-refractivity contribution in [3.05, 3.63) is 48.1 Å². The van der Waals surface area contributed by atoms with E-state index in [1.165, 1.54) is 11.1 Å². The molecule has 6 nitrogen and oxygen atoms in total. The fourth-order valence-corrected chi connectivity index (χ4v) is 6.74. The fraction of sp³-hybridized carbons (Fsp3) is 0.600. The van der Waals surface area contributed by atoms with Gasteiger partial charge in [0.15, 0.2) is 11.5 Å². The third-order valence-corrected chi connectivity index (χ3v) is 8.10. The second kappa shape index (κ2) is 7.62. The van der Waals surface area contributed by atoms with Gasteiger partial charge in [-0.15, -0.1) is 6.58 Å². The number of rotatable bonds is 6. The number of likely N-dealkylation sites (tertiary alicyclic amines) is 1. The zero-order valence-corrected chi connectivity index (χ0v) is 18.0. The molecular formula is C25H32N2O4. The van der Waals surface area contributed by atoms with E-state index in [-0.39, 0.29) is 11.5 Å². The predicted molar refractivity (Wildman–Crippen MR) is 118 cm³/mol. The number of hydrogen-bond donors (Lipinski definition) is 1. The summed E-state index contributed by atoms with van der Waals surface area (Å²) in [6.45, 7) is 10.9. The minimum atomic E-state index is -0.581. The van der Waals surface area contributed by atoms with Crippen molar-refractivity contribution in [2.75, 3.05) is 52.5 Å². The van der Waals surface area contributed by atoms with Crippen molar-refractivity contribution in [1.82, 2.24) is 9.80 Å². The monoisotopic (exact) mass is 424 g/mol. The molecule has 3 aliphatic heterocycles. The van der Waals surface area contributed by atoms with Gasteiger partial charge in [0.25, 0.3) is 0 Å². The summed E-state index contributed by atoms with van der Waals surface area (Å²) >= 11 is 0. The molecule has 5 atom stereocenters. The number of nitrogens with zero attached hydrogens (tertiary/aromatic N) is 2. The SMILES string of the molecule is C=CCN1CC[C@]23c4c5ccc(OCCN6CCOCC6)c4O[C@H]2[C@@H](O)C=C[C@H]3[C@H]1C5. The Morgan fingerprint density at radius 2 is 2.10 bits per heavy atom. The van der Waals surface area contributed by atoms with Crippen molar-refractivity contribution in [1.29, 1.82) is 0 Å². The predicted octanol–water partition coefficient (Wildman–Crippen LogP) is 1.76. The highest BCUT2D eigenvalue weighted by molar-refractivity contribution is 5.62. The average Bonchev–Trinajstić information content (AvgIpc) is 3.14. The number of ether oxygens (including phenoxy) is 3. The quantitative estimate of drug-likeness (QED) is 0.703. The normalized spacial score (nSPS) is 36.0. The number of aliphatic hydroxyl groups is 1. The van der Waals surface area contributed by atoms with Gasteiger partial charge in [-0.25, -0.2) is 0 Å². The van der Waals surface area contributed by atoms with Crippen LogP contribution in [0.5, 0.6) is 11.5 Å². The molecule has 6 rings (SSSR count). The molecule has 1 aromatic rings. The van der Waals surface area contributed by atoms with Crippen LogP contribution in [0.15, 0.2) is 36.9 Å². The van der Waals surface area contributed by atoms with E-state index in [2.05, 4.69) is 34.6 Å². The number of morpholine rings is 1. The van der Waals surface area contributed by atoms with Crippen LogP contribution in [0.3, 0.4) is 0 Å². The maximum absolute atomic E-state index is 10.9. The van der Waals surface area contributed by atoms with Gasteiger partial charge in [-0.2, -0.15) is 0 Å². The molecule has 166 valence electrons. The summed E-state index contributed by atoms with van der Waals surface area (Å²) in [5.74, 6) is 2.06. The molecule has 0 saturated carbocycles. The van der Waals surface area contributed by atoms with Crippen molar-refractivity contribution in [2.45, 2.75) is 36.5 Å². The van der Waals surface area contributed by atoms with Gasteiger partial charge in [0.1, 0.15) is 18.8 Å². The van der Waals surface area contributed by atoms with Crippen LogP contribution in [-0.4, -0.2) is 85.7 Å². The maximum atomic E-state index is 10.9. The van der Waals surface area contributed by atoms with E-state index in [0.717, 1.165) is 70.3 Å². The summed E-state index contributed by atoms with van der Waals surface area (Å²) in [7, 11) is 0. The van der Waals surface area contributed by atoms with Gasteiger partial charge < -0.3 is 19.3 Å². The second-order valence-electron chi connectivity index (χ2n) is 9.51. The zero-order valence-electron chi connectivity index (χ0n) is 18.0. The molecule has 1 aromatic carbocycles. The number of piperidine rings is 1. The van der Waals surface area contributed by atoms with Gasteiger partial charge in [0.2, 0.25) is 0 Å². The van der Waals surface area contributed by atoms with E-state index in [0.29, 0.717) is 18.6 Å². The van der Waals surface area contributed by atoms with Crippen LogP contribution in [0.1, 0.15) is 17.5 Å². The third-order valence-electron chi connectivity index (χ3n) is 8.10. The van der Waals surface area contributed by atoms with E-state index in [4.69, 9.17) is 14.2 Å². The number of hydrogen-bond acceptors (Lipinski definition) is 6. The van der Waals surface area contributed by atoms with Crippen LogP contribution in [0.25, 0.3) is 0 Å². The van der Waals surface area contributed by atoms with Gasteiger partial charge in [-0.3, -0.25) is 9.80 Å². The molecule has 0 aromatic heterocycles. The third kappa shape index (κ3) is 2.92. The highest BCUT2D eigenvalue weighted by Gasteiger charge is 2.64. The Kier molecular flexibility index (Phi) is 4.87. The van der Waals surface area contributed by atoms with Crippen molar-refractivity contribution in [2.24, 2.45) is 5.92 Å². The first-order valence-corrected chi connectivity index (χ1v) is 11.7. The minimum absolute atomic E-state index is 0.150. The molecule has 6 heteroatoms. The van der Waals surface area contributed by atoms with Gasteiger partial charge in [0.05, 0.1) is 13.2 Å². The first kappa shape index (κ1) is 19.8. The smallest absolute Gasteiger partial charge is 0.165 e. The summed E-state index contributed by atoms with van der Waals surface area (Å²) in [5, 5.41) is 10.9. The lowest BCUT2D eigenvalue weighted by Crippen LogP contribution is -2.65. The molecule has 2 fully saturated rings. The van der Waals surface area contributed by atoms with Gasteiger partial charge in [-0.05, 0) is 31.0 Å². The van der Waals surface area contributed by atoms with Gasteiger partial charge in [-0.1, -0.05) is 24.3 Å². The number of benzene rings is 1. The van der Waals surface area contributed by atoms with Crippen LogP contribution in [0.4, 0.5) is 0 Å². The van der Waals surface area contributed by atoms with Gasteiger partial charge in [0, 0.05) is 49.1 Å².